The summed E-state index contributed by atoms with van der Waals surface area (Å²) in [6.45, 7) is 9.23. The predicted molar refractivity (Wildman–Crippen MR) is 80.5 cm³/mol. The lowest BCUT2D eigenvalue weighted by atomic mass is 10.2. The van der Waals surface area contributed by atoms with Gasteiger partial charge in [0.1, 0.15) is 0 Å². The Bertz CT molecular complexity index is 433. The van der Waals surface area contributed by atoms with Gasteiger partial charge < -0.3 is 20.1 Å². The summed E-state index contributed by atoms with van der Waals surface area (Å²) < 4.78 is 11.0. The van der Waals surface area contributed by atoms with Crippen LogP contribution in [0.2, 0.25) is 0 Å². The van der Waals surface area contributed by atoms with Crippen molar-refractivity contribution in [2.75, 3.05) is 25.1 Å². The van der Waals surface area contributed by atoms with Gasteiger partial charge >= 0.3 is 0 Å². The van der Waals surface area contributed by atoms with Gasteiger partial charge in [0.25, 0.3) is 0 Å². The second-order valence-corrected chi connectivity index (χ2v) is 4.61. The molecule has 1 rings (SSSR count). The van der Waals surface area contributed by atoms with Crippen LogP contribution in [0, 0.1) is 0 Å². The molecule has 0 unspecified atom stereocenters. The molecule has 0 saturated carbocycles. The summed E-state index contributed by atoms with van der Waals surface area (Å²) in [6, 6.07) is 5.67. The molecule has 0 aliphatic rings. The number of rotatable bonds is 8. The monoisotopic (exact) mass is 280 g/mol. The van der Waals surface area contributed by atoms with Crippen molar-refractivity contribution in [3.05, 3.63) is 18.2 Å². The van der Waals surface area contributed by atoms with Crippen LogP contribution in [-0.2, 0) is 4.79 Å². The Morgan fingerprint density at radius 1 is 1.15 bits per heavy atom. The third kappa shape index (κ3) is 5.48. The van der Waals surface area contributed by atoms with E-state index in [0.717, 1.165) is 0 Å². The number of anilines is 1. The van der Waals surface area contributed by atoms with Crippen molar-refractivity contribution in [3.63, 3.8) is 0 Å². The molecule has 1 aromatic rings. The minimum Gasteiger partial charge on any atom is -0.490 e. The van der Waals surface area contributed by atoms with E-state index in [4.69, 9.17) is 9.47 Å². The van der Waals surface area contributed by atoms with Crippen LogP contribution in [0.5, 0.6) is 11.5 Å². The zero-order valence-corrected chi connectivity index (χ0v) is 12.7. The number of nitrogens with one attached hydrogen (secondary N) is 2. The minimum atomic E-state index is -0.0784. The van der Waals surface area contributed by atoms with Gasteiger partial charge in [0.15, 0.2) is 11.5 Å². The van der Waals surface area contributed by atoms with Crippen molar-refractivity contribution in [2.45, 2.75) is 33.7 Å². The molecule has 0 fully saturated rings. The molecule has 0 aromatic heterocycles. The Kier molecular flexibility index (Phi) is 6.87. The highest BCUT2D eigenvalue weighted by Crippen LogP contribution is 2.30. The van der Waals surface area contributed by atoms with Gasteiger partial charge in [-0.05, 0) is 26.0 Å². The molecule has 0 radical (unpaired) electrons. The van der Waals surface area contributed by atoms with Crippen molar-refractivity contribution in [3.8, 4) is 11.5 Å². The molecule has 0 saturated heterocycles. The second kappa shape index (κ2) is 8.43. The zero-order valence-electron chi connectivity index (χ0n) is 12.7. The molecule has 1 amide bonds. The first kappa shape index (κ1) is 16.3. The van der Waals surface area contributed by atoms with Crippen LogP contribution in [0.3, 0.4) is 0 Å². The summed E-state index contributed by atoms with van der Waals surface area (Å²) in [5.41, 5.74) is 0.701. The highest BCUT2D eigenvalue weighted by molar-refractivity contribution is 5.92. The highest BCUT2D eigenvalue weighted by atomic mass is 16.5. The lowest BCUT2D eigenvalue weighted by Crippen LogP contribution is -2.32. The van der Waals surface area contributed by atoms with Crippen LogP contribution in [-0.4, -0.2) is 31.7 Å². The van der Waals surface area contributed by atoms with E-state index in [0.29, 0.717) is 30.4 Å². The number of carbonyl (C=O) groups is 1. The fourth-order valence-corrected chi connectivity index (χ4v) is 1.63. The summed E-state index contributed by atoms with van der Waals surface area (Å²) in [5, 5.41) is 5.90. The summed E-state index contributed by atoms with van der Waals surface area (Å²) >= 11 is 0. The SMILES string of the molecule is CCOc1ccc(NC(=O)CNC(C)C)cc1OCC. The molecule has 20 heavy (non-hydrogen) atoms. The third-order valence-electron chi connectivity index (χ3n) is 2.50. The van der Waals surface area contributed by atoms with Crippen LogP contribution < -0.4 is 20.1 Å². The van der Waals surface area contributed by atoms with Crippen LogP contribution in [0.1, 0.15) is 27.7 Å². The first-order valence-electron chi connectivity index (χ1n) is 6.99. The van der Waals surface area contributed by atoms with Crippen LogP contribution in [0.25, 0.3) is 0 Å². The van der Waals surface area contributed by atoms with Crippen molar-refractivity contribution < 1.29 is 14.3 Å². The lowest BCUT2D eigenvalue weighted by Gasteiger charge is -2.13. The van der Waals surface area contributed by atoms with Gasteiger partial charge in [-0.2, -0.15) is 0 Å². The van der Waals surface area contributed by atoms with E-state index >= 15 is 0 Å². The van der Waals surface area contributed by atoms with E-state index in [1.165, 1.54) is 0 Å². The lowest BCUT2D eigenvalue weighted by molar-refractivity contribution is -0.115. The van der Waals surface area contributed by atoms with E-state index in [2.05, 4.69) is 10.6 Å². The fraction of sp³-hybridized carbons (Fsp3) is 0.533. The van der Waals surface area contributed by atoms with Crippen molar-refractivity contribution >= 4 is 11.6 Å². The molecular weight excluding hydrogens is 256 g/mol. The fourth-order valence-electron chi connectivity index (χ4n) is 1.63. The second-order valence-electron chi connectivity index (χ2n) is 4.61. The molecule has 5 nitrogen and oxygen atoms in total. The Morgan fingerprint density at radius 3 is 2.40 bits per heavy atom. The largest absolute Gasteiger partial charge is 0.490 e. The molecule has 0 heterocycles. The molecule has 0 spiro atoms. The third-order valence-corrected chi connectivity index (χ3v) is 2.50. The van der Waals surface area contributed by atoms with Gasteiger partial charge in [-0.1, -0.05) is 13.8 Å². The van der Waals surface area contributed by atoms with Gasteiger partial charge in [0, 0.05) is 17.8 Å². The van der Waals surface area contributed by atoms with Crippen molar-refractivity contribution in [1.82, 2.24) is 5.32 Å². The molecule has 5 heteroatoms. The number of ether oxygens (including phenoxy) is 2. The maximum Gasteiger partial charge on any atom is 0.238 e. The summed E-state index contributed by atoms with van der Waals surface area (Å²) in [6.07, 6.45) is 0. The van der Waals surface area contributed by atoms with Crippen LogP contribution >= 0.6 is 0 Å². The average Bonchev–Trinajstić information content (AvgIpc) is 2.40. The summed E-state index contributed by atoms with van der Waals surface area (Å²) in [7, 11) is 0. The van der Waals surface area contributed by atoms with Gasteiger partial charge in [-0.25, -0.2) is 0 Å². The van der Waals surface area contributed by atoms with Crippen molar-refractivity contribution in [1.29, 1.82) is 0 Å². The molecule has 0 aliphatic heterocycles. The average molecular weight is 280 g/mol. The molecule has 0 aliphatic carbocycles. The topological polar surface area (TPSA) is 59.6 Å². The molecule has 0 atom stereocenters. The normalized spacial score (nSPS) is 10.4. The summed E-state index contributed by atoms with van der Waals surface area (Å²) in [4.78, 5) is 11.8. The maximum absolute atomic E-state index is 11.8. The molecular formula is C15H24N2O3. The summed E-state index contributed by atoms with van der Waals surface area (Å²) in [5.74, 6) is 1.25. The number of benzene rings is 1. The van der Waals surface area contributed by atoms with Gasteiger partial charge in [0.05, 0.1) is 19.8 Å². The first-order valence-corrected chi connectivity index (χ1v) is 6.99. The Morgan fingerprint density at radius 2 is 1.80 bits per heavy atom. The minimum absolute atomic E-state index is 0.0784. The van der Waals surface area contributed by atoms with E-state index in [1.807, 2.05) is 27.7 Å². The van der Waals surface area contributed by atoms with Gasteiger partial charge in [-0.3, -0.25) is 4.79 Å². The Hall–Kier alpha value is -1.75. The number of amides is 1. The number of carbonyl (C=O) groups excluding carboxylic acids is 1. The van der Waals surface area contributed by atoms with Crippen molar-refractivity contribution in [2.24, 2.45) is 0 Å². The molecule has 0 bridgehead atoms. The van der Waals surface area contributed by atoms with E-state index in [9.17, 15) is 4.79 Å². The van der Waals surface area contributed by atoms with Crippen LogP contribution in [0.15, 0.2) is 18.2 Å². The van der Waals surface area contributed by atoms with Gasteiger partial charge in [-0.15, -0.1) is 0 Å². The van der Waals surface area contributed by atoms with E-state index in [1.54, 1.807) is 18.2 Å². The highest BCUT2D eigenvalue weighted by Gasteiger charge is 2.08. The quantitative estimate of drug-likeness (QED) is 0.768. The number of hydrogen-bond donors (Lipinski definition) is 2. The Labute approximate surface area is 120 Å². The van der Waals surface area contributed by atoms with E-state index in [-0.39, 0.29) is 18.5 Å². The van der Waals surface area contributed by atoms with E-state index < -0.39 is 0 Å². The standard InChI is InChI=1S/C15H24N2O3/c1-5-19-13-8-7-12(9-14(13)20-6-2)17-15(18)10-16-11(3)4/h7-9,11,16H,5-6,10H2,1-4H3,(H,17,18). The number of hydrogen-bond acceptors (Lipinski definition) is 4. The first-order chi connectivity index (χ1) is 9.56. The Balaban J connectivity index is 2.70. The molecule has 112 valence electrons. The molecule has 2 N–H and O–H groups in total. The van der Waals surface area contributed by atoms with Gasteiger partial charge in [0.2, 0.25) is 5.91 Å². The van der Waals surface area contributed by atoms with Crippen LogP contribution in [0.4, 0.5) is 5.69 Å². The zero-order chi connectivity index (χ0) is 15.0. The molecule has 1 aromatic carbocycles. The maximum atomic E-state index is 11.8. The smallest absolute Gasteiger partial charge is 0.238 e. The predicted octanol–water partition coefficient (Wildman–Crippen LogP) is 2.42.